The number of anilines is 2. The molecule has 1 aromatic carbocycles. The first-order valence-electron chi connectivity index (χ1n) is 6.47. The van der Waals surface area contributed by atoms with Crippen molar-refractivity contribution in [2.24, 2.45) is 0 Å². The number of aromatic nitrogens is 1. The molecule has 110 valence electrons. The molecule has 0 spiro atoms. The second-order valence-corrected chi connectivity index (χ2v) is 4.33. The van der Waals surface area contributed by atoms with Gasteiger partial charge in [0, 0.05) is 19.2 Å². The summed E-state index contributed by atoms with van der Waals surface area (Å²) < 4.78 is 12.8. The molecular formula is C14H15FN4O2. The largest absolute Gasteiger partial charge is 0.370 e. The molecule has 0 aliphatic rings. The van der Waals surface area contributed by atoms with Crippen molar-refractivity contribution >= 4 is 17.3 Å². The molecule has 1 aromatic heterocycles. The molecule has 0 saturated heterocycles. The Balaban J connectivity index is 2.18. The molecule has 2 aromatic rings. The Morgan fingerprint density at radius 2 is 1.90 bits per heavy atom. The van der Waals surface area contributed by atoms with Crippen molar-refractivity contribution in [2.75, 3.05) is 17.2 Å². The van der Waals surface area contributed by atoms with Crippen molar-refractivity contribution in [3.05, 3.63) is 57.9 Å². The fourth-order valence-corrected chi connectivity index (χ4v) is 1.80. The number of nitrogens with zero attached hydrogens (tertiary/aromatic N) is 2. The highest BCUT2D eigenvalue weighted by atomic mass is 19.1. The van der Waals surface area contributed by atoms with Crippen LogP contribution in [0.25, 0.3) is 0 Å². The average molecular weight is 290 g/mol. The lowest BCUT2D eigenvalue weighted by Gasteiger charge is -2.09. The lowest BCUT2D eigenvalue weighted by atomic mass is 10.2. The number of benzene rings is 1. The zero-order chi connectivity index (χ0) is 15.2. The van der Waals surface area contributed by atoms with E-state index in [-0.39, 0.29) is 17.3 Å². The second kappa shape index (κ2) is 6.65. The molecule has 0 atom stereocenters. The van der Waals surface area contributed by atoms with Gasteiger partial charge in [-0.25, -0.2) is 9.37 Å². The van der Waals surface area contributed by atoms with E-state index in [0.717, 1.165) is 5.56 Å². The van der Waals surface area contributed by atoms with E-state index >= 15 is 0 Å². The maximum absolute atomic E-state index is 12.8. The Kier molecular flexibility index (Phi) is 4.65. The average Bonchev–Trinajstić information content (AvgIpc) is 2.47. The van der Waals surface area contributed by atoms with E-state index in [1.54, 1.807) is 18.2 Å². The van der Waals surface area contributed by atoms with Crippen LogP contribution in [0.2, 0.25) is 0 Å². The molecule has 2 N–H and O–H groups in total. The summed E-state index contributed by atoms with van der Waals surface area (Å²) in [7, 11) is 0. The van der Waals surface area contributed by atoms with Crippen LogP contribution in [0, 0.1) is 15.9 Å². The van der Waals surface area contributed by atoms with Crippen LogP contribution in [-0.4, -0.2) is 16.5 Å². The number of hydrogen-bond donors (Lipinski definition) is 2. The van der Waals surface area contributed by atoms with Gasteiger partial charge in [-0.1, -0.05) is 12.1 Å². The molecule has 0 fully saturated rings. The smallest absolute Gasteiger partial charge is 0.311 e. The molecule has 0 amide bonds. The minimum atomic E-state index is -0.490. The first-order chi connectivity index (χ1) is 10.1. The van der Waals surface area contributed by atoms with Gasteiger partial charge in [0.25, 0.3) is 0 Å². The maximum Gasteiger partial charge on any atom is 0.311 e. The predicted octanol–water partition coefficient (Wildman–Crippen LogP) is 3.17. The first kappa shape index (κ1) is 14.7. The molecule has 0 aliphatic carbocycles. The Labute approximate surface area is 121 Å². The van der Waals surface area contributed by atoms with E-state index in [1.165, 1.54) is 18.2 Å². The molecule has 21 heavy (non-hydrogen) atoms. The maximum atomic E-state index is 12.8. The second-order valence-electron chi connectivity index (χ2n) is 4.33. The Bertz CT molecular complexity index is 631. The van der Waals surface area contributed by atoms with Gasteiger partial charge in [0.2, 0.25) is 5.82 Å². The summed E-state index contributed by atoms with van der Waals surface area (Å²) in [5.74, 6) is 0.421. The minimum absolute atomic E-state index is 0.0984. The zero-order valence-corrected chi connectivity index (χ0v) is 11.5. The Morgan fingerprint density at radius 1 is 1.19 bits per heavy atom. The number of rotatable bonds is 6. The van der Waals surface area contributed by atoms with Gasteiger partial charge in [-0.15, -0.1) is 0 Å². The molecular weight excluding hydrogens is 275 g/mol. The number of nitro groups is 1. The van der Waals surface area contributed by atoms with Crippen molar-refractivity contribution in [2.45, 2.75) is 13.5 Å². The van der Waals surface area contributed by atoms with E-state index in [9.17, 15) is 14.5 Å². The van der Waals surface area contributed by atoms with Gasteiger partial charge in [-0.2, -0.15) is 0 Å². The monoisotopic (exact) mass is 290 g/mol. The van der Waals surface area contributed by atoms with Crippen molar-refractivity contribution in [1.82, 2.24) is 4.98 Å². The van der Waals surface area contributed by atoms with E-state index in [0.29, 0.717) is 18.9 Å². The van der Waals surface area contributed by atoms with Crippen molar-refractivity contribution < 1.29 is 9.31 Å². The number of pyridine rings is 1. The van der Waals surface area contributed by atoms with Crippen LogP contribution in [0.3, 0.4) is 0 Å². The molecule has 7 heteroatoms. The third kappa shape index (κ3) is 3.88. The SMILES string of the molecule is CCNc1ccc([N+](=O)[O-])c(NCc2ccc(F)cc2)n1. The molecule has 1 heterocycles. The van der Waals surface area contributed by atoms with Gasteiger partial charge in [0.1, 0.15) is 11.6 Å². The molecule has 6 nitrogen and oxygen atoms in total. The van der Waals surface area contributed by atoms with Gasteiger partial charge in [-0.3, -0.25) is 10.1 Å². The summed E-state index contributed by atoms with van der Waals surface area (Å²) >= 11 is 0. The quantitative estimate of drug-likeness (QED) is 0.631. The van der Waals surface area contributed by atoms with E-state index in [2.05, 4.69) is 15.6 Å². The van der Waals surface area contributed by atoms with Crippen LogP contribution in [0.4, 0.5) is 21.7 Å². The normalized spacial score (nSPS) is 10.2. The Hall–Kier alpha value is -2.70. The fraction of sp³-hybridized carbons (Fsp3) is 0.214. The van der Waals surface area contributed by atoms with Gasteiger partial charge in [0.15, 0.2) is 0 Å². The Morgan fingerprint density at radius 3 is 2.52 bits per heavy atom. The topological polar surface area (TPSA) is 80.1 Å². The van der Waals surface area contributed by atoms with Crippen molar-refractivity contribution in [3.8, 4) is 0 Å². The number of nitrogens with one attached hydrogen (secondary N) is 2. The minimum Gasteiger partial charge on any atom is -0.370 e. The van der Waals surface area contributed by atoms with E-state index < -0.39 is 4.92 Å². The summed E-state index contributed by atoms with van der Waals surface area (Å²) in [5.41, 5.74) is 0.708. The standard InChI is InChI=1S/C14H15FN4O2/c1-2-16-13-8-7-12(19(20)21)14(18-13)17-9-10-3-5-11(15)6-4-10/h3-8H,2,9H2,1H3,(H2,16,17,18). The van der Waals surface area contributed by atoms with E-state index in [1.807, 2.05) is 6.92 Å². The van der Waals surface area contributed by atoms with Gasteiger partial charge >= 0.3 is 5.69 Å². The zero-order valence-electron chi connectivity index (χ0n) is 11.5. The van der Waals surface area contributed by atoms with Crippen LogP contribution >= 0.6 is 0 Å². The van der Waals surface area contributed by atoms with Crippen LogP contribution < -0.4 is 10.6 Å². The highest BCUT2D eigenvalue weighted by molar-refractivity contribution is 5.60. The number of hydrogen-bond acceptors (Lipinski definition) is 5. The molecule has 0 aliphatic heterocycles. The first-order valence-corrected chi connectivity index (χ1v) is 6.47. The predicted molar refractivity (Wildman–Crippen MR) is 78.8 cm³/mol. The highest BCUT2D eigenvalue weighted by Crippen LogP contribution is 2.24. The van der Waals surface area contributed by atoms with Crippen LogP contribution in [0.15, 0.2) is 36.4 Å². The third-order valence-electron chi connectivity index (χ3n) is 2.80. The summed E-state index contributed by atoms with van der Waals surface area (Å²) in [6, 6.07) is 8.87. The van der Waals surface area contributed by atoms with Gasteiger partial charge < -0.3 is 10.6 Å². The molecule has 0 bridgehead atoms. The van der Waals surface area contributed by atoms with Crippen LogP contribution in [0.1, 0.15) is 12.5 Å². The fourth-order valence-electron chi connectivity index (χ4n) is 1.80. The summed E-state index contributed by atoms with van der Waals surface area (Å²) in [5, 5.41) is 16.9. The van der Waals surface area contributed by atoms with Crippen LogP contribution in [0.5, 0.6) is 0 Å². The third-order valence-corrected chi connectivity index (χ3v) is 2.80. The lowest BCUT2D eigenvalue weighted by Crippen LogP contribution is -2.07. The molecule has 0 radical (unpaired) electrons. The van der Waals surface area contributed by atoms with Crippen molar-refractivity contribution in [1.29, 1.82) is 0 Å². The van der Waals surface area contributed by atoms with Crippen molar-refractivity contribution in [3.63, 3.8) is 0 Å². The summed E-state index contributed by atoms with van der Waals surface area (Å²) in [4.78, 5) is 14.7. The van der Waals surface area contributed by atoms with Gasteiger partial charge in [0.05, 0.1) is 4.92 Å². The number of halogens is 1. The summed E-state index contributed by atoms with van der Waals surface area (Å²) in [6.45, 7) is 2.90. The van der Waals surface area contributed by atoms with Gasteiger partial charge in [-0.05, 0) is 30.7 Å². The lowest BCUT2D eigenvalue weighted by molar-refractivity contribution is -0.384. The van der Waals surface area contributed by atoms with Crippen LogP contribution in [-0.2, 0) is 6.54 Å². The highest BCUT2D eigenvalue weighted by Gasteiger charge is 2.15. The summed E-state index contributed by atoms with van der Waals surface area (Å²) in [6.07, 6.45) is 0. The molecule has 2 rings (SSSR count). The van der Waals surface area contributed by atoms with E-state index in [4.69, 9.17) is 0 Å². The molecule has 0 unspecified atom stereocenters. The molecule has 0 saturated carbocycles.